The molecule has 0 aliphatic carbocycles. The number of nitrogens with one attached hydrogen (secondary N) is 1. The molecule has 24 heavy (non-hydrogen) atoms. The van der Waals surface area contributed by atoms with Crippen LogP contribution >= 0.6 is 0 Å². The number of hydrogen-bond acceptors (Lipinski definition) is 4. The number of amides is 3. The third-order valence-corrected chi connectivity index (χ3v) is 4.56. The number of nitrogens with zero attached hydrogens (tertiary/aromatic N) is 1. The zero-order valence-corrected chi connectivity index (χ0v) is 13.6. The Kier molecular flexibility index (Phi) is 4.42. The van der Waals surface area contributed by atoms with E-state index in [1.165, 1.54) is 0 Å². The second kappa shape index (κ2) is 6.51. The lowest BCUT2D eigenvalue weighted by Crippen LogP contribution is -2.45. The lowest BCUT2D eigenvalue weighted by atomic mass is 9.96. The van der Waals surface area contributed by atoms with Crippen LogP contribution < -0.4 is 15.8 Å². The number of primary amides is 1. The van der Waals surface area contributed by atoms with Crippen molar-refractivity contribution >= 4 is 23.4 Å². The van der Waals surface area contributed by atoms with Crippen LogP contribution in [0.3, 0.4) is 0 Å². The largest absolute Gasteiger partial charge is 0.478 e. The molecule has 3 amide bonds. The van der Waals surface area contributed by atoms with Crippen molar-refractivity contribution in [2.45, 2.75) is 32.3 Å². The Morgan fingerprint density at radius 2 is 2.04 bits per heavy atom. The number of fused-ring (bicyclic) bond motifs is 1. The van der Waals surface area contributed by atoms with Gasteiger partial charge in [0.2, 0.25) is 11.8 Å². The van der Waals surface area contributed by atoms with E-state index in [1.807, 2.05) is 19.1 Å². The zero-order valence-electron chi connectivity index (χ0n) is 13.6. The topological polar surface area (TPSA) is 102 Å². The standard InChI is InChI=1S/C17H21N3O4/c1-10-2-3-13-12(8-10)19-17(23)14(24-13)9-15(21)20-6-4-11(5-7-20)16(18)22/h2-3,8,11,14H,4-7,9H2,1H3,(H2,18,22)(H,19,23). The maximum absolute atomic E-state index is 12.4. The maximum atomic E-state index is 12.4. The number of rotatable bonds is 3. The van der Waals surface area contributed by atoms with Crippen molar-refractivity contribution in [3.63, 3.8) is 0 Å². The highest BCUT2D eigenvalue weighted by atomic mass is 16.5. The maximum Gasteiger partial charge on any atom is 0.266 e. The summed E-state index contributed by atoms with van der Waals surface area (Å²) in [5, 5.41) is 2.79. The number of likely N-dealkylation sites (tertiary alicyclic amines) is 1. The minimum atomic E-state index is -0.832. The van der Waals surface area contributed by atoms with Crippen molar-refractivity contribution in [2.75, 3.05) is 18.4 Å². The first kappa shape index (κ1) is 16.3. The summed E-state index contributed by atoms with van der Waals surface area (Å²) < 4.78 is 5.69. The van der Waals surface area contributed by atoms with Crippen molar-refractivity contribution in [3.8, 4) is 5.75 Å². The van der Waals surface area contributed by atoms with Crippen molar-refractivity contribution < 1.29 is 19.1 Å². The van der Waals surface area contributed by atoms with Gasteiger partial charge < -0.3 is 20.7 Å². The Hall–Kier alpha value is -2.57. The van der Waals surface area contributed by atoms with Crippen LogP contribution in [0.4, 0.5) is 5.69 Å². The number of nitrogens with two attached hydrogens (primary N) is 1. The number of anilines is 1. The summed E-state index contributed by atoms with van der Waals surface area (Å²) in [4.78, 5) is 37.4. The van der Waals surface area contributed by atoms with Crippen LogP contribution in [0, 0.1) is 12.8 Å². The van der Waals surface area contributed by atoms with E-state index in [-0.39, 0.29) is 30.1 Å². The second-order valence-corrected chi connectivity index (χ2v) is 6.36. The minimum Gasteiger partial charge on any atom is -0.478 e. The first-order valence-corrected chi connectivity index (χ1v) is 8.09. The van der Waals surface area contributed by atoms with Crippen LogP contribution in [0.5, 0.6) is 5.75 Å². The molecule has 2 aliphatic rings. The summed E-state index contributed by atoms with van der Waals surface area (Å²) in [6.07, 6.45) is 0.295. The van der Waals surface area contributed by atoms with Crippen LogP contribution in [0.25, 0.3) is 0 Å². The fraction of sp³-hybridized carbons (Fsp3) is 0.471. The van der Waals surface area contributed by atoms with Crippen LogP contribution in [0.2, 0.25) is 0 Å². The zero-order chi connectivity index (χ0) is 17.3. The van der Waals surface area contributed by atoms with Gasteiger partial charge in [0.25, 0.3) is 5.91 Å². The molecule has 2 heterocycles. The Balaban J connectivity index is 1.60. The molecule has 1 aromatic carbocycles. The lowest BCUT2D eigenvalue weighted by Gasteiger charge is -2.32. The van der Waals surface area contributed by atoms with Crippen LogP contribution in [-0.4, -0.2) is 41.8 Å². The van der Waals surface area contributed by atoms with Gasteiger partial charge in [0.15, 0.2) is 6.10 Å². The molecule has 1 fully saturated rings. The van der Waals surface area contributed by atoms with Gasteiger partial charge >= 0.3 is 0 Å². The minimum absolute atomic E-state index is 0.0135. The number of hydrogen-bond donors (Lipinski definition) is 2. The highest BCUT2D eigenvalue weighted by molar-refractivity contribution is 6.00. The molecule has 0 spiro atoms. The molecule has 1 unspecified atom stereocenters. The quantitative estimate of drug-likeness (QED) is 0.855. The molecule has 0 radical (unpaired) electrons. The number of benzene rings is 1. The first-order valence-electron chi connectivity index (χ1n) is 8.09. The van der Waals surface area contributed by atoms with E-state index in [4.69, 9.17) is 10.5 Å². The highest BCUT2D eigenvalue weighted by Crippen LogP contribution is 2.31. The first-order chi connectivity index (χ1) is 11.4. The molecule has 1 aromatic rings. The summed E-state index contributed by atoms with van der Waals surface area (Å²) in [5.41, 5.74) is 6.95. The van der Waals surface area contributed by atoms with E-state index in [9.17, 15) is 14.4 Å². The molecule has 0 bridgehead atoms. The summed E-state index contributed by atoms with van der Waals surface area (Å²) in [6, 6.07) is 5.52. The molecule has 128 valence electrons. The Labute approximate surface area is 140 Å². The molecule has 1 atom stereocenters. The molecule has 7 heteroatoms. The van der Waals surface area contributed by atoms with Gasteiger partial charge in [0, 0.05) is 19.0 Å². The van der Waals surface area contributed by atoms with Gasteiger partial charge in [-0.2, -0.15) is 0 Å². The van der Waals surface area contributed by atoms with E-state index in [0.29, 0.717) is 37.4 Å². The van der Waals surface area contributed by atoms with E-state index in [1.54, 1.807) is 11.0 Å². The fourth-order valence-corrected chi connectivity index (χ4v) is 3.10. The lowest BCUT2D eigenvalue weighted by molar-refractivity contribution is -0.139. The Morgan fingerprint density at radius 3 is 2.71 bits per heavy atom. The monoisotopic (exact) mass is 331 g/mol. The van der Waals surface area contributed by atoms with Crippen LogP contribution in [0.15, 0.2) is 18.2 Å². The average Bonchev–Trinajstić information content (AvgIpc) is 2.55. The SMILES string of the molecule is Cc1ccc2c(c1)NC(=O)C(CC(=O)N1CCC(C(N)=O)CC1)O2. The van der Waals surface area contributed by atoms with Crippen molar-refractivity contribution in [1.82, 2.24) is 4.90 Å². The number of aryl methyl sites for hydroxylation is 1. The van der Waals surface area contributed by atoms with Crippen molar-refractivity contribution in [2.24, 2.45) is 11.7 Å². The van der Waals surface area contributed by atoms with Gasteiger partial charge in [0.1, 0.15) is 5.75 Å². The normalized spacial score (nSPS) is 20.8. The highest BCUT2D eigenvalue weighted by Gasteiger charge is 2.33. The molecule has 3 rings (SSSR count). The van der Waals surface area contributed by atoms with Crippen molar-refractivity contribution in [3.05, 3.63) is 23.8 Å². The third kappa shape index (κ3) is 3.34. The van der Waals surface area contributed by atoms with Crippen molar-refractivity contribution in [1.29, 1.82) is 0 Å². The summed E-state index contributed by atoms with van der Waals surface area (Å²) >= 11 is 0. The molecule has 2 aliphatic heterocycles. The van der Waals surface area contributed by atoms with Gasteiger partial charge in [0.05, 0.1) is 12.1 Å². The van der Waals surface area contributed by atoms with Crippen LogP contribution in [-0.2, 0) is 14.4 Å². The van der Waals surface area contributed by atoms with Gasteiger partial charge in [-0.15, -0.1) is 0 Å². The molecule has 1 saturated heterocycles. The number of piperidine rings is 1. The summed E-state index contributed by atoms with van der Waals surface area (Å²) in [5.74, 6) is -0.366. The number of ether oxygens (including phenoxy) is 1. The predicted octanol–water partition coefficient (Wildman–Crippen LogP) is 0.809. The summed E-state index contributed by atoms with van der Waals surface area (Å²) in [7, 11) is 0. The fourth-order valence-electron chi connectivity index (χ4n) is 3.10. The smallest absolute Gasteiger partial charge is 0.266 e. The predicted molar refractivity (Wildman–Crippen MR) is 87.3 cm³/mol. The molecule has 0 saturated carbocycles. The van der Waals surface area contributed by atoms with E-state index >= 15 is 0 Å². The number of carbonyl (C=O) groups excluding carboxylic acids is 3. The Bertz CT molecular complexity index is 680. The second-order valence-electron chi connectivity index (χ2n) is 6.36. The third-order valence-electron chi connectivity index (χ3n) is 4.56. The van der Waals surface area contributed by atoms with E-state index < -0.39 is 6.10 Å². The molecule has 0 aromatic heterocycles. The number of carbonyl (C=O) groups is 3. The van der Waals surface area contributed by atoms with Crippen LogP contribution in [0.1, 0.15) is 24.8 Å². The molecular formula is C17H21N3O4. The van der Waals surface area contributed by atoms with Gasteiger partial charge in [-0.25, -0.2) is 0 Å². The van der Waals surface area contributed by atoms with Gasteiger partial charge in [-0.05, 0) is 37.5 Å². The van der Waals surface area contributed by atoms with Gasteiger partial charge in [-0.3, -0.25) is 14.4 Å². The summed E-state index contributed by atoms with van der Waals surface area (Å²) in [6.45, 7) is 2.89. The van der Waals surface area contributed by atoms with E-state index in [2.05, 4.69) is 5.32 Å². The Morgan fingerprint density at radius 1 is 1.33 bits per heavy atom. The van der Waals surface area contributed by atoms with Gasteiger partial charge in [-0.1, -0.05) is 6.07 Å². The molecule has 7 nitrogen and oxygen atoms in total. The average molecular weight is 331 g/mol. The van der Waals surface area contributed by atoms with E-state index in [0.717, 1.165) is 5.56 Å². The molecule has 3 N–H and O–H groups in total. The molecular weight excluding hydrogens is 310 g/mol.